The average Bonchev–Trinajstić information content (AvgIpc) is 2.70. The molecule has 0 saturated carbocycles. The van der Waals surface area contributed by atoms with Crippen molar-refractivity contribution in [1.82, 2.24) is 5.32 Å². The van der Waals surface area contributed by atoms with Gasteiger partial charge in [0.15, 0.2) is 18.1 Å². The first-order chi connectivity index (χ1) is 13.0. The number of rotatable bonds is 9. The zero-order chi connectivity index (χ0) is 19.6. The molecular formula is C21H25NO5. The number of amides is 1. The molecule has 0 unspecified atom stereocenters. The Hall–Kier alpha value is -3.02. The van der Waals surface area contributed by atoms with Gasteiger partial charge < -0.3 is 19.5 Å². The van der Waals surface area contributed by atoms with E-state index in [4.69, 9.17) is 14.2 Å². The van der Waals surface area contributed by atoms with Gasteiger partial charge in [-0.2, -0.15) is 0 Å². The average molecular weight is 371 g/mol. The zero-order valence-electron chi connectivity index (χ0n) is 15.9. The Morgan fingerprint density at radius 1 is 1.07 bits per heavy atom. The first-order valence-electron chi connectivity index (χ1n) is 8.84. The van der Waals surface area contributed by atoms with E-state index in [1.165, 1.54) is 13.2 Å². The molecule has 2 aromatic carbocycles. The van der Waals surface area contributed by atoms with Crippen LogP contribution in [0.15, 0.2) is 48.5 Å². The number of carbonyl (C=O) groups excluding carboxylic acids is 2. The maximum absolute atomic E-state index is 12.2. The fourth-order valence-electron chi connectivity index (χ4n) is 2.28. The van der Waals surface area contributed by atoms with Crippen LogP contribution >= 0.6 is 0 Å². The monoisotopic (exact) mass is 371 g/mol. The van der Waals surface area contributed by atoms with Crippen LogP contribution in [0.25, 0.3) is 0 Å². The minimum Gasteiger partial charge on any atom is -0.493 e. The summed E-state index contributed by atoms with van der Waals surface area (Å²) >= 11 is 0. The number of carbonyl (C=O) groups is 2. The summed E-state index contributed by atoms with van der Waals surface area (Å²) in [6.45, 7) is 3.91. The first kappa shape index (κ1) is 20.3. The van der Waals surface area contributed by atoms with Gasteiger partial charge in [-0.15, -0.1) is 0 Å². The topological polar surface area (TPSA) is 73.9 Å². The Kier molecular flexibility index (Phi) is 7.67. The molecule has 2 aromatic rings. The largest absolute Gasteiger partial charge is 0.493 e. The first-order valence-corrected chi connectivity index (χ1v) is 8.84. The quantitative estimate of drug-likeness (QED) is 0.685. The second-order valence-corrected chi connectivity index (χ2v) is 6.09. The van der Waals surface area contributed by atoms with E-state index in [1.807, 2.05) is 44.2 Å². The lowest BCUT2D eigenvalue weighted by atomic mass is 10.2. The molecule has 0 spiro atoms. The van der Waals surface area contributed by atoms with E-state index in [0.717, 1.165) is 12.0 Å². The van der Waals surface area contributed by atoms with E-state index in [0.29, 0.717) is 18.1 Å². The van der Waals surface area contributed by atoms with Crippen LogP contribution in [-0.4, -0.2) is 31.6 Å². The smallest absolute Gasteiger partial charge is 0.338 e. The SMILES string of the molecule is CC[C@@H](C)NC(=O)COC(=O)c1ccc(OCc2ccccc2)c(OC)c1. The lowest BCUT2D eigenvalue weighted by molar-refractivity contribution is -0.124. The lowest BCUT2D eigenvalue weighted by Crippen LogP contribution is -2.35. The lowest BCUT2D eigenvalue weighted by Gasteiger charge is -2.13. The molecule has 1 amide bonds. The second kappa shape index (κ2) is 10.2. The minimum absolute atomic E-state index is 0.0392. The molecule has 1 N–H and O–H groups in total. The molecule has 0 heterocycles. The van der Waals surface area contributed by atoms with Crippen molar-refractivity contribution in [3.05, 3.63) is 59.7 Å². The standard InChI is InChI=1S/C21H25NO5/c1-4-15(2)22-20(23)14-27-21(24)17-10-11-18(19(12-17)25-3)26-13-16-8-6-5-7-9-16/h5-12,15H,4,13-14H2,1-3H3,(H,22,23)/t15-/m1/s1. The molecule has 0 bridgehead atoms. The molecular weight excluding hydrogens is 346 g/mol. The molecule has 1 atom stereocenters. The molecule has 6 heteroatoms. The molecule has 27 heavy (non-hydrogen) atoms. The van der Waals surface area contributed by atoms with Gasteiger partial charge in [0.2, 0.25) is 0 Å². The number of ether oxygens (including phenoxy) is 3. The van der Waals surface area contributed by atoms with Gasteiger partial charge in [-0.25, -0.2) is 4.79 Å². The van der Waals surface area contributed by atoms with Gasteiger partial charge in [-0.3, -0.25) is 4.79 Å². The fourth-order valence-corrected chi connectivity index (χ4v) is 2.28. The van der Waals surface area contributed by atoms with Crippen molar-refractivity contribution in [3.63, 3.8) is 0 Å². The van der Waals surface area contributed by atoms with Crippen LogP contribution in [0.2, 0.25) is 0 Å². The van der Waals surface area contributed by atoms with E-state index in [1.54, 1.807) is 12.1 Å². The van der Waals surface area contributed by atoms with Gasteiger partial charge in [-0.05, 0) is 37.1 Å². The Balaban J connectivity index is 1.95. The number of esters is 1. The molecule has 0 aliphatic carbocycles. The second-order valence-electron chi connectivity index (χ2n) is 6.09. The molecule has 144 valence electrons. The van der Waals surface area contributed by atoms with E-state index < -0.39 is 5.97 Å². The summed E-state index contributed by atoms with van der Waals surface area (Å²) in [4.78, 5) is 23.9. The Labute approximate surface area is 159 Å². The summed E-state index contributed by atoms with van der Waals surface area (Å²) in [7, 11) is 1.50. The molecule has 0 aliphatic heterocycles. The van der Waals surface area contributed by atoms with Crippen LogP contribution in [0.4, 0.5) is 0 Å². The third-order valence-corrected chi connectivity index (χ3v) is 3.99. The van der Waals surface area contributed by atoms with Crippen molar-refractivity contribution in [2.45, 2.75) is 32.9 Å². The number of methoxy groups -OCH3 is 1. The summed E-state index contributed by atoms with van der Waals surface area (Å²) in [5.74, 6) is 0.0199. The van der Waals surface area contributed by atoms with Gasteiger partial charge in [-0.1, -0.05) is 37.3 Å². The molecule has 2 rings (SSSR count). The highest BCUT2D eigenvalue weighted by Gasteiger charge is 2.14. The van der Waals surface area contributed by atoms with Crippen molar-refractivity contribution in [1.29, 1.82) is 0 Å². The van der Waals surface area contributed by atoms with E-state index in [9.17, 15) is 9.59 Å². The van der Waals surface area contributed by atoms with Gasteiger partial charge >= 0.3 is 5.97 Å². The third-order valence-electron chi connectivity index (χ3n) is 3.99. The Morgan fingerprint density at radius 2 is 1.81 bits per heavy atom. The summed E-state index contributed by atoms with van der Waals surface area (Å²) in [6, 6.07) is 14.5. The van der Waals surface area contributed by atoms with Crippen molar-refractivity contribution >= 4 is 11.9 Å². The minimum atomic E-state index is -0.595. The van der Waals surface area contributed by atoms with E-state index >= 15 is 0 Å². The van der Waals surface area contributed by atoms with Crippen molar-refractivity contribution in [3.8, 4) is 11.5 Å². The van der Waals surface area contributed by atoms with E-state index in [2.05, 4.69) is 5.32 Å². The van der Waals surface area contributed by atoms with Crippen LogP contribution in [-0.2, 0) is 16.1 Å². The summed E-state index contributed by atoms with van der Waals surface area (Å²) in [5, 5.41) is 2.74. The number of hydrogen-bond donors (Lipinski definition) is 1. The van der Waals surface area contributed by atoms with Crippen LogP contribution in [0.5, 0.6) is 11.5 Å². The highest BCUT2D eigenvalue weighted by atomic mass is 16.5. The van der Waals surface area contributed by atoms with Gasteiger partial charge in [0.1, 0.15) is 6.61 Å². The number of nitrogens with one attached hydrogen (secondary N) is 1. The van der Waals surface area contributed by atoms with E-state index in [-0.39, 0.29) is 24.1 Å². The molecule has 0 aromatic heterocycles. The molecule has 0 fully saturated rings. The highest BCUT2D eigenvalue weighted by molar-refractivity contribution is 5.92. The Morgan fingerprint density at radius 3 is 2.48 bits per heavy atom. The predicted octanol–water partition coefficient (Wildman–Crippen LogP) is 3.35. The molecule has 0 radical (unpaired) electrons. The van der Waals surface area contributed by atoms with Crippen LogP contribution < -0.4 is 14.8 Å². The summed E-state index contributed by atoms with van der Waals surface area (Å²) in [6.07, 6.45) is 0.807. The number of benzene rings is 2. The summed E-state index contributed by atoms with van der Waals surface area (Å²) in [5.41, 5.74) is 1.31. The maximum atomic E-state index is 12.2. The Bertz CT molecular complexity index is 760. The van der Waals surface area contributed by atoms with Crippen molar-refractivity contribution in [2.75, 3.05) is 13.7 Å². The number of hydrogen-bond acceptors (Lipinski definition) is 5. The van der Waals surface area contributed by atoms with Crippen LogP contribution in [0, 0.1) is 0 Å². The summed E-state index contributed by atoms with van der Waals surface area (Å²) < 4.78 is 16.1. The molecule has 0 saturated heterocycles. The highest BCUT2D eigenvalue weighted by Crippen LogP contribution is 2.29. The zero-order valence-corrected chi connectivity index (χ0v) is 15.9. The van der Waals surface area contributed by atoms with Gasteiger partial charge in [0.25, 0.3) is 5.91 Å². The predicted molar refractivity (Wildman–Crippen MR) is 102 cm³/mol. The molecule has 6 nitrogen and oxygen atoms in total. The van der Waals surface area contributed by atoms with Gasteiger partial charge in [0.05, 0.1) is 12.7 Å². The van der Waals surface area contributed by atoms with Crippen LogP contribution in [0.1, 0.15) is 36.2 Å². The fraction of sp³-hybridized carbons (Fsp3) is 0.333. The van der Waals surface area contributed by atoms with Crippen molar-refractivity contribution < 1.29 is 23.8 Å². The maximum Gasteiger partial charge on any atom is 0.338 e. The van der Waals surface area contributed by atoms with Gasteiger partial charge in [0, 0.05) is 6.04 Å². The van der Waals surface area contributed by atoms with Crippen molar-refractivity contribution in [2.24, 2.45) is 0 Å². The normalized spacial score (nSPS) is 11.4. The molecule has 0 aliphatic rings. The third kappa shape index (κ3) is 6.33. The van der Waals surface area contributed by atoms with Crippen LogP contribution in [0.3, 0.4) is 0 Å².